The SMILES string of the molecule is C=C/C=C/CCCCc1cccc(C2(c3cccc(C/C=C/C=C)c3)c3cc(Br)ccc3-c3ccc(Br)cc32)c1. The average molecular weight is 650 g/mol. The molecule has 0 radical (unpaired) electrons. The van der Waals surface area contributed by atoms with Crippen molar-refractivity contribution in [3.8, 4) is 11.1 Å². The van der Waals surface area contributed by atoms with Gasteiger partial charge in [-0.2, -0.15) is 0 Å². The number of fused-ring (bicyclic) bond motifs is 3. The minimum atomic E-state index is -0.431. The minimum Gasteiger partial charge on any atom is -0.0991 e. The van der Waals surface area contributed by atoms with Gasteiger partial charge in [0.25, 0.3) is 0 Å². The smallest absolute Gasteiger partial charge is 0.0714 e. The first-order valence-electron chi connectivity index (χ1n) is 13.9. The highest BCUT2D eigenvalue weighted by Gasteiger charge is 2.46. The quantitative estimate of drug-likeness (QED) is 0.0986. The summed E-state index contributed by atoms with van der Waals surface area (Å²) in [6, 6.07) is 31.9. The largest absolute Gasteiger partial charge is 0.0991 e. The van der Waals surface area contributed by atoms with Gasteiger partial charge in [-0.05, 0) is 101 Å². The highest BCUT2D eigenvalue weighted by Crippen LogP contribution is 2.57. The molecule has 0 amide bonds. The van der Waals surface area contributed by atoms with Crippen LogP contribution in [0.25, 0.3) is 11.1 Å². The van der Waals surface area contributed by atoms with E-state index in [1.165, 1.54) is 50.9 Å². The molecule has 40 heavy (non-hydrogen) atoms. The molecule has 0 bridgehead atoms. The van der Waals surface area contributed by atoms with Crippen LogP contribution in [0.15, 0.2) is 143 Å². The molecule has 5 rings (SSSR count). The fourth-order valence-corrected chi connectivity index (χ4v) is 6.75. The maximum Gasteiger partial charge on any atom is 0.0714 e. The normalized spacial score (nSPS) is 13.4. The van der Waals surface area contributed by atoms with Gasteiger partial charge in [0.1, 0.15) is 0 Å². The van der Waals surface area contributed by atoms with E-state index >= 15 is 0 Å². The summed E-state index contributed by atoms with van der Waals surface area (Å²) in [5.41, 5.74) is 10.1. The molecule has 0 saturated carbocycles. The van der Waals surface area contributed by atoms with E-state index in [1.54, 1.807) is 0 Å². The monoisotopic (exact) mass is 648 g/mol. The Labute approximate surface area is 256 Å². The highest BCUT2D eigenvalue weighted by molar-refractivity contribution is 9.10. The molecule has 0 heterocycles. The molecule has 0 spiro atoms. The molecule has 0 aliphatic heterocycles. The van der Waals surface area contributed by atoms with Crippen molar-refractivity contribution in [1.82, 2.24) is 0 Å². The lowest BCUT2D eigenvalue weighted by Crippen LogP contribution is -2.29. The Balaban J connectivity index is 1.69. The topological polar surface area (TPSA) is 0 Å². The van der Waals surface area contributed by atoms with Gasteiger partial charge in [-0.25, -0.2) is 0 Å². The highest BCUT2D eigenvalue weighted by atomic mass is 79.9. The van der Waals surface area contributed by atoms with Crippen molar-refractivity contribution in [3.05, 3.63) is 177 Å². The van der Waals surface area contributed by atoms with Crippen LogP contribution in [0.5, 0.6) is 0 Å². The van der Waals surface area contributed by atoms with Crippen molar-refractivity contribution < 1.29 is 0 Å². The Hall–Kier alpha value is -3.20. The molecule has 0 N–H and O–H groups in total. The predicted octanol–water partition coefficient (Wildman–Crippen LogP) is 11.3. The van der Waals surface area contributed by atoms with Gasteiger partial charge in [-0.1, -0.05) is 142 Å². The van der Waals surface area contributed by atoms with E-state index in [1.807, 2.05) is 24.3 Å². The summed E-state index contributed by atoms with van der Waals surface area (Å²) in [7, 11) is 0. The Morgan fingerprint density at radius 1 is 0.625 bits per heavy atom. The molecule has 0 fully saturated rings. The van der Waals surface area contributed by atoms with Gasteiger partial charge < -0.3 is 0 Å². The summed E-state index contributed by atoms with van der Waals surface area (Å²) in [4.78, 5) is 0. The second-order valence-electron chi connectivity index (χ2n) is 10.3. The van der Waals surface area contributed by atoms with Gasteiger partial charge in [-0.15, -0.1) is 0 Å². The number of unbranched alkanes of at least 4 members (excludes halogenated alkanes) is 2. The van der Waals surface area contributed by atoms with Gasteiger partial charge in [0.05, 0.1) is 5.41 Å². The van der Waals surface area contributed by atoms with Crippen molar-refractivity contribution in [1.29, 1.82) is 0 Å². The molecule has 4 aromatic carbocycles. The summed E-state index contributed by atoms with van der Waals surface area (Å²) >= 11 is 7.63. The van der Waals surface area contributed by atoms with Crippen molar-refractivity contribution in [2.75, 3.05) is 0 Å². The van der Waals surface area contributed by atoms with Gasteiger partial charge >= 0.3 is 0 Å². The zero-order valence-electron chi connectivity index (χ0n) is 22.8. The van der Waals surface area contributed by atoms with Gasteiger partial charge in [0.15, 0.2) is 0 Å². The molecule has 0 nitrogen and oxygen atoms in total. The first-order chi connectivity index (χ1) is 19.6. The van der Waals surface area contributed by atoms with Crippen molar-refractivity contribution in [2.45, 2.75) is 37.5 Å². The molecule has 200 valence electrons. The number of allylic oxidation sites excluding steroid dienone is 6. The fraction of sp³-hybridized carbons (Fsp3) is 0.158. The van der Waals surface area contributed by atoms with Crippen LogP contribution in [0.3, 0.4) is 0 Å². The molecule has 4 aromatic rings. The first kappa shape index (κ1) is 28.3. The van der Waals surface area contributed by atoms with Crippen LogP contribution in [0.2, 0.25) is 0 Å². The van der Waals surface area contributed by atoms with Gasteiger partial charge in [0.2, 0.25) is 0 Å². The lowest BCUT2D eigenvalue weighted by molar-refractivity contribution is 0.737. The van der Waals surface area contributed by atoms with Crippen LogP contribution in [0.4, 0.5) is 0 Å². The molecule has 0 aromatic heterocycles. The van der Waals surface area contributed by atoms with Crippen molar-refractivity contribution in [2.24, 2.45) is 0 Å². The standard InChI is InChI=1S/C38H34Br2/c1-3-5-7-8-9-11-15-29-17-13-19-31(25-29)38(30-18-12-16-28(24-30)14-10-6-4-2)36-26-32(39)20-22-34(36)35-23-21-33(40)27-37(35)38/h3-7,10,12-13,16-27H,1-2,8-9,11,14-15H2/b7-5+,10-6+. The van der Waals surface area contributed by atoms with Gasteiger partial charge in [0, 0.05) is 8.95 Å². The van der Waals surface area contributed by atoms with Crippen LogP contribution in [0, 0.1) is 0 Å². The number of benzene rings is 4. The van der Waals surface area contributed by atoms with Crippen molar-refractivity contribution in [3.63, 3.8) is 0 Å². The maximum atomic E-state index is 3.83. The Morgan fingerprint density at radius 2 is 1.20 bits per heavy atom. The van der Waals surface area contributed by atoms with E-state index in [-0.39, 0.29) is 0 Å². The summed E-state index contributed by atoms with van der Waals surface area (Å²) < 4.78 is 2.19. The molecule has 0 saturated heterocycles. The van der Waals surface area contributed by atoms with Crippen LogP contribution in [-0.2, 0) is 18.3 Å². The molecule has 1 aliphatic carbocycles. The summed E-state index contributed by atoms with van der Waals surface area (Å²) in [6.07, 6.45) is 17.5. The molecule has 0 unspecified atom stereocenters. The first-order valence-corrected chi connectivity index (χ1v) is 15.5. The Morgan fingerprint density at radius 3 is 1.82 bits per heavy atom. The number of hydrogen-bond donors (Lipinski definition) is 0. The zero-order chi connectivity index (χ0) is 28.0. The van der Waals surface area contributed by atoms with E-state index in [9.17, 15) is 0 Å². The average Bonchev–Trinajstić information content (AvgIpc) is 3.24. The second kappa shape index (κ2) is 13.0. The van der Waals surface area contributed by atoms with Gasteiger partial charge in [-0.3, -0.25) is 0 Å². The molecular formula is C38H34Br2. The molecular weight excluding hydrogens is 616 g/mol. The molecule has 0 atom stereocenters. The number of aryl methyl sites for hydroxylation is 1. The van der Waals surface area contributed by atoms with Crippen LogP contribution in [0.1, 0.15) is 52.6 Å². The summed E-state index contributed by atoms with van der Waals surface area (Å²) in [5.74, 6) is 0. The molecule has 1 aliphatic rings. The second-order valence-corrected chi connectivity index (χ2v) is 12.1. The summed E-state index contributed by atoms with van der Waals surface area (Å²) in [5, 5.41) is 0. The zero-order valence-corrected chi connectivity index (χ0v) is 25.9. The van der Waals surface area contributed by atoms with Crippen LogP contribution in [-0.4, -0.2) is 0 Å². The Kier molecular flexibility index (Phi) is 9.19. The number of halogens is 2. The van der Waals surface area contributed by atoms with E-state index < -0.39 is 5.41 Å². The third-order valence-electron chi connectivity index (χ3n) is 7.77. The van der Waals surface area contributed by atoms with E-state index in [2.05, 4.69) is 142 Å². The van der Waals surface area contributed by atoms with Crippen LogP contribution < -0.4 is 0 Å². The lowest BCUT2D eigenvalue weighted by Gasteiger charge is -2.34. The van der Waals surface area contributed by atoms with Crippen LogP contribution >= 0.6 is 31.9 Å². The third-order valence-corrected chi connectivity index (χ3v) is 8.75. The number of rotatable bonds is 11. The lowest BCUT2D eigenvalue weighted by atomic mass is 9.67. The Bertz CT molecular complexity index is 1540. The van der Waals surface area contributed by atoms with E-state index in [0.717, 1.165) is 34.6 Å². The van der Waals surface area contributed by atoms with E-state index in [4.69, 9.17) is 0 Å². The minimum absolute atomic E-state index is 0.431. The predicted molar refractivity (Wildman–Crippen MR) is 179 cm³/mol. The maximum absolute atomic E-state index is 3.83. The molecule has 2 heteroatoms. The van der Waals surface area contributed by atoms with Crippen molar-refractivity contribution >= 4 is 31.9 Å². The third kappa shape index (κ3) is 5.66. The fourth-order valence-electron chi connectivity index (χ4n) is 6.03. The summed E-state index contributed by atoms with van der Waals surface area (Å²) in [6.45, 7) is 7.61. The number of hydrogen-bond acceptors (Lipinski definition) is 0. The van der Waals surface area contributed by atoms with E-state index in [0.29, 0.717) is 0 Å².